The molecule has 0 radical (unpaired) electrons. The van der Waals surface area contributed by atoms with E-state index in [9.17, 15) is 9.59 Å². The molecule has 0 spiro atoms. The minimum atomic E-state index is -0.372. The van der Waals surface area contributed by atoms with Gasteiger partial charge in [0.05, 0.1) is 24.5 Å². The highest BCUT2D eigenvalue weighted by molar-refractivity contribution is 5.91. The van der Waals surface area contributed by atoms with Gasteiger partial charge in [0, 0.05) is 32.4 Å². The predicted molar refractivity (Wildman–Crippen MR) is 124 cm³/mol. The molecule has 8 heteroatoms. The molecule has 0 bridgehead atoms. The fraction of sp³-hybridized carbons (Fsp3) is 0.458. The highest BCUT2D eigenvalue weighted by atomic mass is 16.5. The number of esters is 1. The Balaban J connectivity index is 1.58. The van der Waals surface area contributed by atoms with E-state index < -0.39 is 0 Å². The Hall–Kier alpha value is -3.29. The van der Waals surface area contributed by atoms with Gasteiger partial charge in [0.1, 0.15) is 11.6 Å². The first-order valence-corrected chi connectivity index (χ1v) is 11.1. The molecule has 1 aliphatic rings. The summed E-state index contributed by atoms with van der Waals surface area (Å²) in [5.74, 6) is 1.49. The molecule has 1 fully saturated rings. The Morgan fingerprint density at radius 1 is 1.09 bits per heavy atom. The van der Waals surface area contributed by atoms with E-state index in [2.05, 4.69) is 29.0 Å². The summed E-state index contributed by atoms with van der Waals surface area (Å²) in [6, 6.07) is 10.9. The van der Waals surface area contributed by atoms with Gasteiger partial charge in [0.25, 0.3) is 0 Å². The van der Waals surface area contributed by atoms with Crippen molar-refractivity contribution in [1.29, 1.82) is 0 Å². The van der Waals surface area contributed by atoms with Gasteiger partial charge in [-0.1, -0.05) is 26.0 Å². The smallest absolute Gasteiger partial charge is 0.339 e. The van der Waals surface area contributed by atoms with Gasteiger partial charge in [-0.25, -0.2) is 14.6 Å². The van der Waals surface area contributed by atoms with Crippen LogP contribution in [0.15, 0.2) is 42.6 Å². The van der Waals surface area contributed by atoms with Crippen molar-refractivity contribution in [3.63, 3.8) is 0 Å². The summed E-state index contributed by atoms with van der Waals surface area (Å²) in [5, 5.41) is 2.99. The molecule has 172 valence electrons. The van der Waals surface area contributed by atoms with Crippen molar-refractivity contribution in [3.05, 3.63) is 48.2 Å². The quantitative estimate of drug-likeness (QED) is 0.655. The van der Waals surface area contributed by atoms with E-state index in [0.29, 0.717) is 55.8 Å². The lowest BCUT2D eigenvalue weighted by Gasteiger charge is -2.23. The molecule has 1 aromatic heterocycles. The first-order chi connectivity index (χ1) is 15.5. The molecule has 2 heterocycles. The monoisotopic (exact) mass is 440 g/mol. The fourth-order valence-corrected chi connectivity index (χ4v) is 3.40. The molecule has 8 nitrogen and oxygen atoms in total. The average Bonchev–Trinajstić information content (AvgIpc) is 3.05. The summed E-state index contributed by atoms with van der Waals surface area (Å²) in [5.41, 5.74) is 1.11. The third kappa shape index (κ3) is 6.35. The summed E-state index contributed by atoms with van der Waals surface area (Å²) in [4.78, 5) is 33.1. The molecule has 2 aromatic rings. The molecule has 0 unspecified atom stereocenters. The predicted octanol–water partition coefficient (Wildman–Crippen LogP) is 4.04. The highest BCUT2D eigenvalue weighted by Gasteiger charge is 2.21. The molecular weight excluding hydrogens is 408 g/mol. The Morgan fingerprint density at radius 2 is 1.91 bits per heavy atom. The third-order valence-corrected chi connectivity index (χ3v) is 5.07. The number of pyridine rings is 1. The number of hydrogen-bond donors (Lipinski definition) is 1. The molecule has 1 aromatic carbocycles. The van der Waals surface area contributed by atoms with Gasteiger partial charge in [-0.05, 0) is 43.5 Å². The van der Waals surface area contributed by atoms with Crippen LogP contribution in [0.25, 0.3) is 0 Å². The van der Waals surface area contributed by atoms with Gasteiger partial charge >= 0.3 is 12.0 Å². The number of anilines is 2. The van der Waals surface area contributed by atoms with Crippen LogP contribution < -0.4 is 15.0 Å². The average molecular weight is 441 g/mol. The van der Waals surface area contributed by atoms with Crippen LogP contribution in [0.2, 0.25) is 0 Å². The number of nitrogens with zero attached hydrogens (tertiary/aromatic N) is 3. The topological polar surface area (TPSA) is 84.0 Å². The number of amides is 2. The first kappa shape index (κ1) is 23.4. The number of carbonyl (C=O) groups is 2. The Kier molecular flexibility index (Phi) is 8.30. The molecule has 2 amide bonds. The summed E-state index contributed by atoms with van der Waals surface area (Å²) >= 11 is 0. The van der Waals surface area contributed by atoms with Crippen molar-refractivity contribution < 1.29 is 19.1 Å². The zero-order valence-corrected chi connectivity index (χ0v) is 19.0. The zero-order valence-electron chi connectivity index (χ0n) is 19.0. The van der Waals surface area contributed by atoms with Crippen LogP contribution in [0.5, 0.6) is 5.75 Å². The van der Waals surface area contributed by atoms with Crippen molar-refractivity contribution in [3.8, 4) is 5.75 Å². The van der Waals surface area contributed by atoms with Crippen LogP contribution in [-0.2, 0) is 4.74 Å². The molecule has 0 saturated carbocycles. The van der Waals surface area contributed by atoms with Crippen LogP contribution in [0, 0.1) is 5.92 Å². The van der Waals surface area contributed by atoms with Gasteiger partial charge in [-0.2, -0.15) is 0 Å². The maximum atomic E-state index is 12.9. The van der Waals surface area contributed by atoms with Crippen LogP contribution in [0.1, 0.15) is 37.6 Å². The lowest BCUT2D eigenvalue weighted by Crippen LogP contribution is -2.38. The van der Waals surface area contributed by atoms with Gasteiger partial charge in [0.15, 0.2) is 0 Å². The van der Waals surface area contributed by atoms with E-state index in [1.807, 2.05) is 35.2 Å². The molecule has 32 heavy (non-hydrogen) atoms. The van der Waals surface area contributed by atoms with E-state index in [1.165, 1.54) is 6.20 Å². The normalized spacial score (nSPS) is 14.1. The summed E-state index contributed by atoms with van der Waals surface area (Å²) < 4.78 is 10.9. The van der Waals surface area contributed by atoms with Crippen molar-refractivity contribution in [2.45, 2.75) is 27.2 Å². The SMILES string of the molecule is CCOC(=O)c1ccc(N2CCCN(C(=O)Nc3ccccc3OCC(C)C)CC2)nc1. The van der Waals surface area contributed by atoms with E-state index in [4.69, 9.17) is 9.47 Å². The zero-order chi connectivity index (χ0) is 22.9. The first-order valence-electron chi connectivity index (χ1n) is 11.1. The van der Waals surface area contributed by atoms with Gasteiger partial charge < -0.3 is 24.6 Å². The number of urea groups is 1. The van der Waals surface area contributed by atoms with Crippen LogP contribution >= 0.6 is 0 Å². The lowest BCUT2D eigenvalue weighted by molar-refractivity contribution is 0.0526. The second-order valence-corrected chi connectivity index (χ2v) is 8.08. The largest absolute Gasteiger partial charge is 0.491 e. The van der Waals surface area contributed by atoms with Gasteiger partial charge in [-0.3, -0.25) is 0 Å². The number of para-hydroxylation sites is 2. The number of nitrogens with one attached hydrogen (secondary N) is 1. The summed E-state index contributed by atoms with van der Waals surface area (Å²) in [7, 11) is 0. The van der Waals surface area contributed by atoms with Crippen LogP contribution in [0.4, 0.5) is 16.3 Å². The van der Waals surface area contributed by atoms with E-state index >= 15 is 0 Å². The molecular formula is C24H32N4O4. The highest BCUT2D eigenvalue weighted by Crippen LogP contribution is 2.25. The number of ether oxygens (including phenoxy) is 2. The number of aromatic nitrogens is 1. The van der Waals surface area contributed by atoms with Gasteiger partial charge in [-0.15, -0.1) is 0 Å². The van der Waals surface area contributed by atoms with Crippen molar-refractivity contribution in [1.82, 2.24) is 9.88 Å². The number of carbonyl (C=O) groups excluding carboxylic acids is 2. The van der Waals surface area contributed by atoms with Gasteiger partial charge in [0.2, 0.25) is 0 Å². The minimum Gasteiger partial charge on any atom is -0.491 e. The Labute approximate surface area is 189 Å². The second-order valence-electron chi connectivity index (χ2n) is 8.08. The molecule has 0 atom stereocenters. The molecule has 1 saturated heterocycles. The maximum absolute atomic E-state index is 12.9. The van der Waals surface area contributed by atoms with Crippen molar-refractivity contribution in [2.75, 3.05) is 49.6 Å². The third-order valence-electron chi connectivity index (χ3n) is 5.07. The lowest BCUT2D eigenvalue weighted by atomic mass is 10.2. The molecule has 1 N–H and O–H groups in total. The van der Waals surface area contributed by atoms with Crippen LogP contribution in [0.3, 0.4) is 0 Å². The minimum absolute atomic E-state index is 0.141. The summed E-state index contributed by atoms with van der Waals surface area (Å²) in [6.45, 7) is 9.53. The van der Waals surface area contributed by atoms with E-state index in [0.717, 1.165) is 18.8 Å². The number of rotatable bonds is 7. The summed E-state index contributed by atoms with van der Waals surface area (Å²) in [6.07, 6.45) is 2.36. The van der Waals surface area contributed by atoms with Crippen molar-refractivity contribution in [2.24, 2.45) is 5.92 Å². The van der Waals surface area contributed by atoms with E-state index in [1.54, 1.807) is 13.0 Å². The second kappa shape index (κ2) is 11.4. The Morgan fingerprint density at radius 3 is 2.62 bits per heavy atom. The number of hydrogen-bond acceptors (Lipinski definition) is 6. The molecule has 0 aliphatic carbocycles. The Bertz CT molecular complexity index is 901. The molecule has 3 rings (SSSR count). The van der Waals surface area contributed by atoms with E-state index in [-0.39, 0.29) is 12.0 Å². The molecule has 1 aliphatic heterocycles. The maximum Gasteiger partial charge on any atom is 0.339 e. The fourth-order valence-electron chi connectivity index (χ4n) is 3.40. The van der Waals surface area contributed by atoms with Crippen molar-refractivity contribution >= 4 is 23.5 Å². The standard InChI is InChI=1S/C24H32N4O4/c1-4-31-23(29)19-10-11-22(25-16-19)27-12-7-13-28(15-14-27)24(30)26-20-8-5-6-9-21(20)32-17-18(2)3/h5-6,8-11,16,18H,4,7,12-15,17H2,1-3H3,(H,26,30). The van der Waals surface area contributed by atoms with Crippen LogP contribution in [-0.4, -0.2) is 61.3 Å². The number of benzene rings is 1.